The number of Topliss-reactive ketones (excluding diaryl/α,β-unsaturated/α-hetero) is 1. The van der Waals surface area contributed by atoms with Gasteiger partial charge in [0.05, 0.1) is 16.6 Å². The van der Waals surface area contributed by atoms with Crippen molar-refractivity contribution >= 4 is 27.3 Å². The van der Waals surface area contributed by atoms with Gasteiger partial charge >= 0.3 is 0 Å². The SMILES string of the molecule is CCCC(OC)C(=O)Cc1nc2ccccc2s1. The van der Waals surface area contributed by atoms with Crippen molar-refractivity contribution in [1.82, 2.24) is 4.98 Å². The molecule has 2 aromatic rings. The molecule has 0 radical (unpaired) electrons. The molecule has 0 saturated heterocycles. The van der Waals surface area contributed by atoms with Crippen LogP contribution in [0.3, 0.4) is 0 Å². The van der Waals surface area contributed by atoms with Crippen LogP contribution in [0.5, 0.6) is 0 Å². The van der Waals surface area contributed by atoms with Gasteiger partial charge < -0.3 is 4.74 Å². The Morgan fingerprint density at radius 2 is 2.22 bits per heavy atom. The minimum Gasteiger partial charge on any atom is -0.374 e. The van der Waals surface area contributed by atoms with Crippen molar-refractivity contribution in [2.24, 2.45) is 0 Å². The van der Waals surface area contributed by atoms with Crippen molar-refractivity contribution in [3.8, 4) is 0 Å². The first kappa shape index (κ1) is 13.2. The van der Waals surface area contributed by atoms with Crippen LogP contribution in [0.15, 0.2) is 24.3 Å². The summed E-state index contributed by atoms with van der Waals surface area (Å²) in [5, 5.41) is 0.874. The Labute approximate surface area is 111 Å². The normalized spacial score (nSPS) is 12.8. The number of para-hydroxylation sites is 1. The summed E-state index contributed by atoms with van der Waals surface area (Å²) < 4.78 is 6.36. The highest BCUT2D eigenvalue weighted by atomic mass is 32.1. The summed E-state index contributed by atoms with van der Waals surface area (Å²) >= 11 is 1.58. The number of fused-ring (bicyclic) bond motifs is 1. The molecule has 1 heterocycles. The first-order valence-electron chi connectivity index (χ1n) is 6.14. The molecule has 1 unspecified atom stereocenters. The molecular formula is C14H17NO2S. The molecule has 0 amide bonds. The lowest BCUT2D eigenvalue weighted by Gasteiger charge is -2.11. The number of carbonyl (C=O) groups excluding carboxylic acids is 1. The topological polar surface area (TPSA) is 39.2 Å². The van der Waals surface area contributed by atoms with E-state index >= 15 is 0 Å². The van der Waals surface area contributed by atoms with Gasteiger partial charge in [0.2, 0.25) is 0 Å². The van der Waals surface area contributed by atoms with Gasteiger partial charge in [0.15, 0.2) is 5.78 Å². The number of thiazole rings is 1. The monoisotopic (exact) mass is 263 g/mol. The third kappa shape index (κ3) is 2.94. The van der Waals surface area contributed by atoms with Crippen molar-refractivity contribution in [1.29, 1.82) is 0 Å². The van der Waals surface area contributed by atoms with Gasteiger partial charge in [-0.05, 0) is 18.6 Å². The number of aromatic nitrogens is 1. The van der Waals surface area contributed by atoms with Gasteiger partial charge in [-0.1, -0.05) is 25.5 Å². The molecule has 0 saturated carbocycles. The van der Waals surface area contributed by atoms with Gasteiger partial charge in [-0.15, -0.1) is 11.3 Å². The number of ether oxygens (including phenoxy) is 1. The molecule has 96 valence electrons. The summed E-state index contributed by atoms with van der Waals surface area (Å²) in [6, 6.07) is 7.95. The van der Waals surface area contributed by atoms with Crippen LogP contribution >= 0.6 is 11.3 Å². The standard InChI is InChI=1S/C14H17NO2S/c1-3-6-12(17-2)11(16)9-14-15-10-7-4-5-8-13(10)18-14/h4-5,7-8,12H,3,6,9H2,1-2H3. The first-order valence-corrected chi connectivity index (χ1v) is 6.96. The second-order valence-corrected chi connectivity index (χ2v) is 5.35. The van der Waals surface area contributed by atoms with Crippen LogP contribution in [0.2, 0.25) is 0 Å². The Morgan fingerprint density at radius 3 is 2.89 bits per heavy atom. The lowest BCUT2D eigenvalue weighted by Crippen LogP contribution is -2.24. The molecule has 1 atom stereocenters. The van der Waals surface area contributed by atoms with E-state index in [1.165, 1.54) is 0 Å². The number of carbonyl (C=O) groups is 1. The minimum absolute atomic E-state index is 0.124. The van der Waals surface area contributed by atoms with E-state index in [2.05, 4.69) is 11.9 Å². The number of hydrogen-bond acceptors (Lipinski definition) is 4. The molecule has 0 spiro atoms. The van der Waals surface area contributed by atoms with Crippen LogP contribution in [-0.2, 0) is 16.0 Å². The molecule has 4 heteroatoms. The van der Waals surface area contributed by atoms with Crippen LogP contribution in [0.4, 0.5) is 0 Å². The van der Waals surface area contributed by atoms with E-state index in [9.17, 15) is 4.79 Å². The summed E-state index contributed by atoms with van der Waals surface area (Å²) in [6.45, 7) is 2.05. The molecule has 1 aromatic carbocycles. The summed E-state index contributed by atoms with van der Waals surface area (Å²) in [4.78, 5) is 16.5. The molecule has 1 aromatic heterocycles. The fourth-order valence-electron chi connectivity index (χ4n) is 1.93. The smallest absolute Gasteiger partial charge is 0.168 e. The van der Waals surface area contributed by atoms with Gasteiger partial charge in [-0.2, -0.15) is 0 Å². The molecule has 0 aliphatic rings. The number of benzene rings is 1. The maximum atomic E-state index is 12.1. The van der Waals surface area contributed by atoms with Crippen LogP contribution in [0, 0.1) is 0 Å². The van der Waals surface area contributed by atoms with Crippen LogP contribution < -0.4 is 0 Å². The summed E-state index contributed by atoms with van der Waals surface area (Å²) in [6.07, 6.45) is 1.81. The fourth-order valence-corrected chi connectivity index (χ4v) is 2.91. The number of methoxy groups -OCH3 is 1. The van der Waals surface area contributed by atoms with Crippen molar-refractivity contribution in [3.63, 3.8) is 0 Å². The molecule has 2 rings (SSSR count). The van der Waals surface area contributed by atoms with Crippen molar-refractivity contribution < 1.29 is 9.53 Å². The van der Waals surface area contributed by atoms with Crippen molar-refractivity contribution in [2.45, 2.75) is 32.3 Å². The van der Waals surface area contributed by atoms with Crippen molar-refractivity contribution in [3.05, 3.63) is 29.3 Å². The lowest BCUT2D eigenvalue weighted by molar-refractivity contribution is -0.128. The van der Waals surface area contributed by atoms with Gasteiger partial charge in [-0.3, -0.25) is 4.79 Å². The van der Waals surface area contributed by atoms with E-state index in [1.54, 1.807) is 18.4 Å². The third-order valence-electron chi connectivity index (χ3n) is 2.86. The van der Waals surface area contributed by atoms with Gasteiger partial charge in [0.25, 0.3) is 0 Å². The molecule has 0 fully saturated rings. The van der Waals surface area contributed by atoms with E-state index in [0.717, 1.165) is 28.1 Å². The van der Waals surface area contributed by atoms with Crippen LogP contribution in [0.1, 0.15) is 24.8 Å². The number of nitrogens with zero attached hydrogens (tertiary/aromatic N) is 1. The first-order chi connectivity index (χ1) is 8.74. The minimum atomic E-state index is -0.290. The number of hydrogen-bond donors (Lipinski definition) is 0. The maximum Gasteiger partial charge on any atom is 0.168 e. The van der Waals surface area contributed by atoms with Gasteiger partial charge in [0.1, 0.15) is 11.1 Å². The van der Waals surface area contributed by atoms with E-state index in [1.807, 2.05) is 24.3 Å². The highest BCUT2D eigenvalue weighted by molar-refractivity contribution is 7.18. The van der Waals surface area contributed by atoms with E-state index in [4.69, 9.17) is 4.74 Å². The average molecular weight is 263 g/mol. The zero-order valence-electron chi connectivity index (χ0n) is 10.7. The summed E-state index contributed by atoms with van der Waals surface area (Å²) in [5.74, 6) is 0.124. The molecule has 0 aliphatic carbocycles. The highest BCUT2D eigenvalue weighted by Gasteiger charge is 2.18. The van der Waals surface area contributed by atoms with E-state index in [0.29, 0.717) is 6.42 Å². The average Bonchev–Trinajstić information content (AvgIpc) is 2.77. The number of ketones is 1. The Hall–Kier alpha value is -1.26. The fraction of sp³-hybridized carbons (Fsp3) is 0.429. The third-order valence-corrected chi connectivity index (χ3v) is 3.89. The Bertz CT molecular complexity index is 502. The second kappa shape index (κ2) is 6.07. The predicted molar refractivity (Wildman–Crippen MR) is 74.0 cm³/mol. The molecule has 18 heavy (non-hydrogen) atoms. The zero-order chi connectivity index (χ0) is 13.0. The zero-order valence-corrected chi connectivity index (χ0v) is 11.5. The summed E-state index contributed by atoms with van der Waals surface area (Å²) in [7, 11) is 1.59. The Kier molecular flexibility index (Phi) is 4.44. The largest absolute Gasteiger partial charge is 0.374 e. The van der Waals surface area contributed by atoms with Gasteiger partial charge in [0, 0.05) is 7.11 Å². The van der Waals surface area contributed by atoms with Crippen LogP contribution in [-0.4, -0.2) is 24.0 Å². The predicted octanol–water partition coefficient (Wildman–Crippen LogP) is 3.22. The highest BCUT2D eigenvalue weighted by Crippen LogP contribution is 2.22. The molecule has 3 nitrogen and oxygen atoms in total. The Morgan fingerprint density at radius 1 is 1.44 bits per heavy atom. The lowest BCUT2D eigenvalue weighted by atomic mass is 10.1. The van der Waals surface area contributed by atoms with E-state index in [-0.39, 0.29) is 11.9 Å². The number of rotatable bonds is 6. The molecule has 0 bridgehead atoms. The van der Waals surface area contributed by atoms with Crippen LogP contribution in [0.25, 0.3) is 10.2 Å². The maximum absolute atomic E-state index is 12.1. The second-order valence-electron chi connectivity index (χ2n) is 4.23. The molecular weight excluding hydrogens is 246 g/mol. The quantitative estimate of drug-likeness (QED) is 0.803. The Balaban J connectivity index is 2.10. The van der Waals surface area contributed by atoms with Crippen molar-refractivity contribution in [2.75, 3.05) is 7.11 Å². The van der Waals surface area contributed by atoms with E-state index < -0.39 is 0 Å². The van der Waals surface area contributed by atoms with Gasteiger partial charge in [-0.25, -0.2) is 4.98 Å². The molecule has 0 aliphatic heterocycles. The summed E-state index contributed by atoms with van der Waals surface area (Å²) in [5.41, 5.74) is 0.967. The molecule has 0 N–H and O–H groups in total.